The molecule has 1 aromatic rings. The van der Waals surface area contributed by atoms with Gasteiger partial charge in [-0.25, -0.2) is 0 Å². The predicted molar refractivity (Wildman–Crippen MR) is 102 cm³/mol. The van der Waals surface area contributed by atoms with Crippen LogP contribution < -0.4 is 0 Å². The van der Waals surface area contributed by atoms with Crippen molar-refractivity contribution < 1.29 is 12.6 Å². The molecule has 0 saturated carbocycles. The minimum Gasteiger partial charge on any atom is -0.266 e. The lowest BCUT2D eigenvalue weighted by molar-refractivity contribution is 0.292. The van der Waals surface area contributed by atoms with Crippen molar-refractivity contribution in [3.05, 3.63) is 29.8 Å². The summed E-state index contributed by atoms with van der Waals surface area (Å²) in [6, 6.07) is 6.66. The molecule has 0 atom stereocenters. The van der Waals surface area contributed by atoms with Crippen LogP contribution in [-0.2, 0) is 14.3 Å². The molecule has 0 fully saturated rings. The Labute approximate surface area is 150 Å². The summed E-state index contributed by atoms with van der Waals surface area (Å²) in [4.78, 5) is 0.224. The minimum atomic E-state index is -3.57. The van der Waals surface area contributed by atoms with Crippen molar-refractivity contribution in [3.63, 3.8) is 0 Å². The van der Waals surface area contributed by atoms with Gasteiger partial charge in [-0.1, -0.05) is 68.0 Å². The lowest BCUT2D eigenvalue weighted by atomic mass is 10.2. The zero-order valence-electron chi connectivity index (χ0n) is 14.3. The quantitative estimate of drug-likeness (QED) is 0.332. The van der Waals surface area contributed by atoms with Crippen molar-refractivity contribution in [1.82, 2.24) is 0 Å². The highest BCUT2D eigenvalue weighted by Gasteiger charge is 2.14. The molecule has 0 aromatic heterocycles. The number of rotatable bonds is 7. The normalized spacial score (nSPS) is 11.5. The molecule has 0 aliphatic rings. The molecular formula is C17H29IO3S. The molecule has 0 saturated heterocycles. The first-order valence-corrected chi connectivity index (χ1v) is 10.6. The van der Waals surface area contributed by atoms with Gasteiger partial charge in [-0.15, -0.1) is 0 Å². The van der Waals surface area contributed by atoms with Gasteiger partial charge in [0.2, 0.25) is 0 Å². The van der Waals surface area contributed by atoms with E-state index in [1.54, 1.807) is 24.3 Å². The van der Waals surface area contributed by atoms with Crippen LogP contribution in [-0.4, -0.2) is 19.5 Å². The standard InChI is InChI=1S/C12H18O3S.C5H11I/c1-10(2)8-9-15-16(13,14)12-6-4-11(3)5-7-12;1-5(2)3-4-6/h4-7,10H,8-9H2,1-3H3;5H,3-4H2,1-2H3. The molecule has 128 valence electrons. The number of hydrogen-bond acceptors (Lipinski definition) is 3. The van der Waals surface area contributed by atoms with Crippen LogP contribution in [0.2, 0.25) is 0 Å². The van der Waals surface area contributed by atoms with Crippen LogP contribution in [0.25, 0.3) is 0 Å². The largest absolute Gasteiger partial charge is 0.296 e. The van der Waals surface area contributed by atoms with E-state index < -0.39 is 10.1 Å². The van der Waals surface area contributed by atoms with Gasteiger partial charge in [0.05, 0.1) is 11.5 Å². The van der Waals surface area contributed by atoms with E-state index in [0.29, 0.717) is 5.92 Å². The molecule has 0 aliphatic heterocycles. The van der Waals surface area contributed by atoms with Crippen LogP contribution in [0.3, 0.4) is 0 Å². The molecule has 0 radical (unpaired) electrons. The molecule has 0 spiro atoms. The molecule has 0 N–H and O–H groups in total. The van der Waals surface area contributed by atoms with E-state index in [1.165, 1.54) is 10.8 Å². The van der Waals surface area contributed by atoms with Crippen LogP contribution >= 0.6 is 22.6 Å². The van der Waals surface area contributed by atoms with Gasteiger partial charge < -0.3 is 0 Å². The highest BCUT2D eigenvalue weighted by Crippen LogP contribution is 2.14. The van der Waals surface area contributed by atoms with Crippen molar-refractivity contribution in [2.24, 2.45) is 11.8 Å². The van der Waals surface area contributed by atoms with Crippen molar-refractivity contribution in [1.29, 1.82) is 0 Å². The first-order valence-electron chi connectivity index (χ1n) is 7.71. The van der Waals surface area contributed by atoms with E-state index in [1.807, 2.05) is 20.8 Å². The number of benzene rings is 1. The predicted octanol–water partition coefficient (Wildman–Crippen LogP) is 5.21. The molecule has 0 unspecified atom stereocenters. The second kappa shape index (κ2) is 11.4. The van der Waals surface area contributed by atoms with Gasteiger partial charge >= 0.3 is 0 Å². The maximum atomic E-state index is 11.7. The molecule has 1 rings (SSSR count). The van der Waals surface area contributed by atoms with Gasteiger partial charge in [-0.05, 0) is 48.2 Å². The van der Waals surface area contributed by atoms with Gasteiger partial charge in [0.25, 0.3) is 10.1 Å². The highest BCUT2D eigenvalue weighted by atomic mass is 127. The number of alkyl halides is 1. The Bertz CT molecular complexity index is 493. The molecule has 0 amide bonds. The maximum Gasteiger partial charge on any atom is 0.296 e. The third kappa shape index (κ3) is 10.6. The van der Waals surface area contributed by atoms with Crippen LogP contribution in [0.5, 0.6) is 0 Å². The summed E-state index contributed by atoms with van der Waals surface area (Å²) in [6.07, 6.45) is 2.10. The Kier molecular flexibility index (Phi) is 11.3. The topological polar surface area (TPSA) is 43.4 Å². The Morgan fingerprint density at radius 1 is 1.00 bits per heavy atom. The zero-order valence-corrected chi connectivity index (χ0v) is 17.3. The summed E-state index contributed by atoms with van der Waals surface area (Å²) in [5.41, 5.74) is 1.03. The summed E-state index contributed by atoms with van der Waals surface area (Å²) < 4.78 is 29.6. The Balaban J connectivity index is 0.000000626. The number of hydrogen-bond donors (Lipinski definition) is 0. The average molecular weight is 440 g/mol. The lowest BCUT2D eigenvalue weighted by Gasteiger charge is -2.07. The molecule has 3 nitrogen and oxygen atoms in total. The van der Waals surface area contributed by atoms with Crippen molar-refractivity contribution in [2.75, 3.05) is 11.0 Å². The molecule has 5 heteroatoms. The van der Waals surface area contributed by atoms with Crippen molar-refractivity contribution >= 4 is 32.7 Å². The summed E-state index contributed by atoms with van der Waals surface area (Å²) in [5.74, 6) is 1.33. The SMILES string of the molecule is CC(C)CCI.Cc1ccc(S(=O)(=O)OCCC(C)C)cc1. The third-order valence-corrected chi connectivity index (χ3v) is 4.88. The minimum absolute atomic E-state index is 0.224. The lowest BCUT2D eigenvalue weighted by Crippen LogP contribution is -2.09. The van der Waals surface area contributed by atoms with Crippen molar-refractivity contribution in [3.8, 4) is 0 Å². The molecule has 0 bridgehead atoms. The summed E-state index contributed by atoms with van der Waals surface area (Å²) in [5, 5.41) is 0. The van der Waals surface area contributed by atoms with E-state index >= 15 is 0 Å². The fraction of sp³-hybridized carbons (Fsp3) is 0.647. The molecule has 22 heavy (non-hydrogen) atoms. The zero-order chi connectivity index (χ0) is 17.2. The Morgan fingerprint density at radius 2 is 1.50 bits per heavy atom. The fourth-order valence-electron chi connectivity index (χ4n) is 1.38. The molecular weight excluding hydrogens is 411 g/mol. The summed E-state index contributed by atoms with van der Waals surface area (Å²) in [7, 11) is -3.57. The van der Waals surface area contributed by atoms with Gasteiger partial charge in [-0.3, -0.25) is 4.18 Å². The second-order valence-corrected chi connectivity index (χ2v) is 8.84. The van der Waals surface area contributed by atoms with Crippen LogP contribution in [0.1, 0.15) is 46.1 Å². The van der Waals surface area contributed by atoms with Crippen LogP contribution in [0.4, 0.5) is 0 Å². The fourth-order valence-corrected chi connectivity index (χ4v) is 3.55. The Morgan fingerprint density at radius 3 is 1.86 bits per heavy atom. The van der Waals surface area contributed by atoms with Crippen LogP contribution in [0, 0.1) is 18.8 Å². The molecule has 0 aliphatic carbocycles. The Hall–Kier alpha value is -0.140. The molecule has 0 heterocycles. The van der Waals surface area contributed by atoms with E-state index in [4.69, 9.17) is 4.18 Å². The third-order valence-electron chi connectivity index (χ3n) is 2.93. The van der Waals surface area contributed by atoms with E-state index in [9.17, 15) is 8.42 Å². The summed E-state index contributed by atoms with van der Waals surface area (Å²) >= 11 is 2.40. The summed E-state index contributed by atoms with van der Waals surface area (Å²) in [6.45, 7) is 10.7. The first-order chi connectivity index (χ1) is 10.2. The van der Waals surface area contributed by atoms with Gasteiger partial charge in [-0.2, -0.15) is 8.42 Å². The van der Waals surface area contributed by atoms with E-state index in [2.05, 4.69) is 36.4 Å². The van der Waals surface area contributed by atoms with E-state index in [0.717, 1.165) is 17.9 Å². The second-order valence-electron chi connectivity index (χ2n) is 6.14. The van der Waals surface area contributed by atoms with Gasteiger partial charge in [0.1, 0.15) is 0 Å². The first kappa shape index (κ1) is 21.9. The van der Waals surface area contributed by atoms with Gasteiger partial charge in [0.15, 0.2) is 0 Å². The number of aryl methyl sites for hydroxylation is 1. The molecule has 1 aromatic carbocycles. The maximum absolute atomic E-state index is 11.7. The average Bonchev–Trinajstić information content (AvgIpc) is 2.39. The smallest absolute Gasteiger partial charge is 0.266 e. The van der Waals surface area contributed by atoms with Gasteiger partial charge in [0, 0.05) is 0 Å². The van der Waals surface area contributed by atoms with E-state index in [-0.39, 0.29) is 11.5 Å². The van der Waals surface area contributed by atoms with Crippen LogP contribution in [0.15, 0.2) is 29.2 Å². The monoisotopic (exact) mass is 440 g/mol. The van der Waals surface area contributed by atoms with Crippen molar-refractivity contribution in [2.45, 2.75) is 52.4 Å². The highest BCUT2D eigenvalue weighted by molar-refractivity contribution is 14.1. The number of halogens is 1.